The topological polar surface area (TPSA) is 72.5 Å². The third-order valence-corrected chi connectivity index (χ3v) is 6.57. The number of hydrogen-bond donors (Lipinski definition) is 1. The molecule has 0 saturated carbocycles. The number of methoxy groups -OCH3 is 1. The zero-order chi connectivity index (χ0) is 19.1. The Hall–Kier alpha value is -1.41. The monoisotopic (exact) mass is 431 g/mol. The smallest absolute Gasteiger partial charge is 0.243 e. The average Bonchev–Trinajstić information content (AvgIpc) is 2.64. The fourth-order valence-corrected chi connectivity index (χ4v) is 4.70. The maximum absolute atomic E-state index is 12.9. The second-order valence-corrected chi connectivity index (χ2v) is 8.32. The van der Waals surface area contributed by atoms with Crippen LogP contribution in [0.15, 0.2) is 63.5 Å². The van der Waals surface area contributed by atoms with Crippen LogP contribution in [0, 0.1) is 0 Å². The lowest BCUT2D eigenvalue weighted by Gasteiger charge is -2.37. The minimum absolute atomic E-state index is 0.0479. The van der Waals surface area contributed by atoms with Crippen molar-refractivity contribution in [1.82, 2.24) is 4.72 Å². The van der Waals surface area contributed by atoms with Gasteiger partial charge in [0.25, 0.3) is 0 Å². The Balaban J connectivity index is 2.19. The van der Waals surface area contributed by atoms with Gasteiger partial charge in [0.2, 0.25) is 15.8 Å². The van der Waals surface area contributed by atoms with E-state index in [1.165, 1.54) is 37.4 Å². The Morgan fingerprint density at radius 2 is 1.62 bits per heavy atom. The molecule has 3 rings (SSSR count). The molecule has 1 aliphatic carbocycles. The van der Waals surface area contributed by atoms with Gasteiger partial charge in [-0.15, -0.1) is 0 Å². The number of allylic oxidation sites excluding steroid dienone is 1. The molecule has 0 fully saturated rings. The molecule has 1 N–H and O–H groups in total. The molecule has 2 aromatic rings. The Bertz CT molecular complexity index is 1020. The van der Waals surface area contributed by atoms with E-state index in [1.807, 2.05) is 0 Å². The van der Waals surface area contributed by atoms with Gasteiger partial charge in [-0.3, -0.25) is 4.79 Å². The van der Waals surface area contributed by atoms with Crippen LogP contribution in [0.5, 0.6) is 0 Å². The van der Waals surface area contributed by atoms with Crippen LogP contribution in [0.4, 0.5) is 0 Å². The molecular formula is C17H12Cl3NO4S. The zero-order valence-corrected chi connectivity index (χ0v) is 16.4. The van der Waals surface area contributed by atoms with Crippen molar-refractivity contribution in [3.8, 4) is 0 Å². The number of fused-ring (bicyclic) bond motifs is 1. The van der Waals surface area contributed by atoms with Crippen LogP contribution in [0.1, 0.15) is 15.9 Å². The van der Waals surface area contributed by atoms with E-state index in [0.29, 0.717) is 5.02 Å². The zero-order valence-electron chi connectivity index (χ0n) is 13.3. The summed E-state index contributed by atoms with van der Waals surface area (Å²) in [5.41, 5.74) is -1.39. The number of Topliss-reactive ketones (excluding diaryl/α,β-unsaturated/α-hetero) is 1. The Kier molecular flexibility index (Phi) is 5.18. The number of carbonyl (C=O) groups excluding carboxylic acids is 1. The first-order valence-electron chi connectivity index (χ1n) is 7.27. The van der Waals surface area contributed by atoms with E-state index in [0.717, 1.165) is 0 Å². The minimum atomic E-state index is -4.09. The van der Waals surface area contributed by atoms with E-state index < -0.39 is 21.5 Å². The van der Waals surface area contributed by atoms with Crippen molar-refractivity contribution in [2.24, 2.45) is 0 Å². The second-order valence-electron chi connectivity index (χ2n) is 5.45. The molecule has 9 heteroatoms. The molecule has 0 bridgehead atoms. The molecule has 0 aliphatic heterocycles. The maximum atomic E-state index is 12.9. The number of carbonyl (C=O) groups is 1. The molecule has 0 radical (unpaired) electrons. The summed E-state index contributed by atoms with van der Waals surface area (Å²) in [5.74, 6) is -0.509. The fraction of sp³-hybridized carbons (Fsp3) is 0.118. The normalized spacial score (nSPS) is 20.2. The summed E-state index contributed by atoms with van der Waals surface area (Å²) < 4.78 is 33.7. The van der Waals surface area contributed by atoms with Crippen molar-refractivity contribution in [1.29, 1.82) is 0 Å². The van der Waals surface area contributed by atoms with Gasteiger partial charge in [-0.25, -0.2) is 8.42 Å². The molecule has 2 aromatic carbocycles. The predicted molar refractivity (Wildman–Crippen MR) is 100.0 cm³/mol. The molecule has 0 heterocycles. The van der Waals surface area contributed by atoms with Gasteiger partial charge in [-0.2, -0.15) is 4.72 Å². The standard InChI is InChI=1S/C17H12Cl3NO4S/c1-25-17(21-26(23,24)11-8-6-10(18)7-9-11)13-5-3-2-4-12(13)15(22)14(19)16(17)20/h2-9,21H,1H3. The summed E-state index contributed by atoms with van der Waals surface area (Å²) in [4.78, 5) is 12.3. The van der Waals surface area contributed by atoms with Gasteiger partial charge < -0.3 is 4.74 Å². The number of benzene rings is 2. The first kappa shape index (κ1) is 19.4. The molecule has 0 spiro atoms. The lowest BCUT2D eigenvalue weighted by Crippen LogP contribution is -2.50. The van der Waals surface area contributed by atoms with Gasteiger partial charge in [-0.1, -0.05) is 59.1 Å². The Labute approximate surface area is 165 Å². The predicted octanol–water partition coefficient (Wildman–Crippen LogP) is 4.00. The number of halogens is 3. The molecule has 0 amide bonds. The van der Waals surface area contributed by atoms with Crippen molar-refractivity contribution >= 4 is 50.6 Å². The van der Waals surface area contributed by atoms with Gasteiger partial charge in [0.05, 0.1) is 9.93 Å². The number of nitrogens with one attached hydrogen (secondary N) is 1. The number of ketones is 1. The van der Waals surface area contributed by atoms with E-state index in [1.54, 1.807) is 18.2 Å². The summed E-state index contributed by atoms with van der Waals surface area (Å²) in [6, 6.07) is 11.9. The molecule has 1 aliphatic rings. The Morgan fingerprint density at radius 1 is 1.00 bits per heavy atom. The van der Waals surface area contributed by atoms with Crippen LogP contribution in [-0.4, -0.2) is 21.3 Å². The van der Waals surface area contributed by atoms with Gasteiger partial charge in [0.15, 0.2) is 5.72 Å². The van der Waals surface area contributed by atoms with Crippen molar-refractivity contribution in [3.05, 3.63) is 74.7 Å². The molecule has 1 atom stereocenters. The van der Waals surface area contributed by atoms with Crippen LogP contribution >= 0.6 is 34.8 Å². The van der Waals surface area contributed by atoms with Crippen LogP contribution in [0.2, 0.25) is 5.02 Å². The van der Waals surface area contributed by atoms with E-state index in [4.69, 9.17) is 39.5 Å². The lowest BCUT2D eigenvalue weighted by atomic mass is 9.89. The summed E-state index contributed by atoms with van der Waals surface area (Å²) in [6.45, 7) is 0. The molecule has 0 aromatic heterocycles. The average molecular weight is 433 g/mol. The van der Waals surface area contributed by atoms with E-state index in [-0.39, 0.29) is 26.1 Å². The number of hydrogen-bond acceptors (Lipinski definition) is 4. The summed E-state index contributed by atoms with van der Waals surface area (Å²) in [5, 5.41) is -0.186. The van der Waals surface area contributed by atoms with E-state index >= 15 is 0 Å². The highest BCUT2D eigenvalue weighted by Crippen LogP contribution is 2.44. The van der Waals surface area contributed by atoms with Crippen LogP contribution < -0.4 is 4.72 Å². The van der Waals surface area contributed by atoms with Crippen molar-refractivity contribution in [2.75, 3.05) is 7.11 Å². The van der Waals surface area contributed by atoms with Gasteiger partial charge in [-0.05, 0) is 24.3 Å². The maximum Gasteiger partial charge on any atom is 0.243 e. The lowest BCUT2D eigenvalue weighted by molar-refractivity contribution is 0.0122. The SMILES string of the molecule is COC1(NS(=O)(=O)c2ccc(Cl)cc2)C(Cl)=C(Cl)C(=O)c2ccccc21. The van der Waals surface area contributed by atoms with Gasteiger partial charge in [0, 0.05) is 23.3 Å². The third kappa shape index (κ3) is 3.07. The first-order chi connectivity index (χ1) is 12.2. The van der Waals surface area contributed by atoms with Crippen LogP contribution in [0.3, 0.4) is 0 Å². The highest BCUT2D eigenvalue weighted by Gasteiger charge is 2.48. The van der Waals surface area contributed by atoms with E-state index in [9.17, 15) is 13.2 Å². The van der Waals surface area contributed by atoms with Crippen molar-refractivity contribution < 1.29 is 17.9 Å². The van der Waals surface area contributed by atoms with Crippen molar-refractivity contribution in [2.45, 2.75) is 10.6 Å². The van der Waals surface area contributed by atoms with E-state index in [2.05, 4.69) is 4.72 Å². The summed E-state index contributed by atoms with van der Waals surface area (Å²) in [6.07, 6.45) is 0. The largest absolute Gasteiger partial charge is 0.353 e. The van der Waals surface area contributed by atoms with Crippen molar-refractivity contribution in [3.63, 3.8) is 0 Å². The quantitative estimate of drug-likeness (QED) is 0.741. The van der Waals surface area contributed by atoms with Crippen LogP contribution in [-0.2, 0) is 20.5 Å². The van der Waals surface area contributed by atoms with Gasteiger partial charge in [0.1, 0.15) is 5.03 Å². The van der Waals surface area contributed by atoms with Crippen LogP contribution in [0.25, 0.3) is 0 Å². The summed E-state index contributed by atoms with van der Waals surface area (Å²) in [7, 11) is -2.82. The Morgan fingerprint density at radius 3 is 2.23 bits per heavy atom. The molecule has 5 nitrogen and oxygen atoms in total. The highest BCUT2D eigenvalue weighted by molar-refractivity contribution is 7.89. The molecule has 136 valence electrons. The highest BCUT2D eigenvalue weighted by atomic mass is 35.5. The first-order valence-corrected chi connectivity index (χ1v) is 9.89. The number of ether oxygens (including phenoxy) is 1. The molecule has 0 saturated heterocycles. The third-order valence-electron chi connectivity index (χ3n) is 3.96. The molecule has 1 unspecified atom stereocenters. The second kappa shape index (κ2) is 6.96. The number of sulfonamides is 1. The van der Waals surface area contributed by atoms with Gasteiger partial charge >= 0.3 is 0 Å². The minimum Gasteiger partial charge on any atom is -0.353 e. The number of rotatable bonds is 4. The fourth-order valence-electron chi connectivity index (χ4n) is 2.68. The molecular weight excluding hydrogens is 421 g/mol. The summed E-state index contributed by atoms with van der Waals surface area (Å²) >= 11 is 18.2. The molecule has 26 heavy (non-hydrogen) atoms.